The Hall–Kier alpha value is -4.71. The van der Waals surface area contributed by atoms with Crippen LogP contribution in [0.2, 0.25) is 0 Å². The summed E-state index contributed by atoms with van der Waals surface area (Å²) < 4.78 is 8.27. The third-order valence-electron chi connectivity index (χ3n) is 6.89. The molecule has 0 bridgehead atoms. The molecule has 0 atom stereocenters. The monoisotopic (exact) mass is 501 g/mol. The van der Waals surface area contributed by atoms with E-state index in [1.165, 1.54) is 0 Å². The molecule has 188 valence electrons. The Bertz CT molecular complexity index is 1730. The van der Waals surface area contributed by atoms with Gasteiger partial charge in [-0.1, -0.05) is 67.9 Å². The van der Waals surface area contributed by atoms with Gasteiger partial charge in [-0.3, -0.25) is 0 Å². The van der Waals surface area contributed by atoms with Gasteiger partial charge in [0.15, 0.2) is 5.58 Å². The van der Waals surface area contributed by atoms with Crippen LogP contribution in [0, 0.1) is 0 Å². The summed E-state index contributed by atoms with van der Waals surface area (Å²) >= 11 is 0. The van der Waals surface area contributed by atoms with E-state index in [0.717, 1.165) is 69.5 Å². The number of aryl methyl sites for hydroxylation is 1. The highest BCUT2D eigenvalue weighted by molar-refractivity contribution is 5.96. The quantitative estimate of drug-likeness (QED) is 0.232. The summed E-state index contributed by atoms with van der Waals surface area (Å²) in [5.41, 5.74) is 7.53. The molecule has 0 saturated carbocycles. The molecule has 0 unspecified atom stereocenters. The number of carboxylic acids is 1. The van der Waals surface area contributed by atoms with Crippen LogP contribution in [0.3, 0.4) is 0 Å². The fourth-order valence-electron chi connectivity index (χ4n) is 4.90. The van der Waals surface area contributed by atoms with E-state index in [0.29, 0.717) is 18.0 Å². The van der Waals surface area contributed by atoms with Crippen molar-refractivity contribution in [2.75, 3.05) is 0 Å². The number of carbonyl (C=O) groups is 1. The summed E-state index contributed by atoms with van der Waals surface area (Å²) in [4.78, 5) is 21.3. The summed E-state index contributed by atoms with van der Waals surface area (Å²) in [5.74, 6) is 0.721. The lowest BCUT2D eigenvalue weighted by Crippen LogP contribution is -2.05. The number of nitrogens with zero attached hydrogens (tertiary/aromatic N) is 3. The van der Waals surface area contributed by atoms with Gasteiger partial charge >= 0.3 is 5.97 Å². The van der Waals surface area contributed by atoms with Gasteiger partial charge in [0.05, 0.1) is 16.6 Å². The van der Waals surface area contributed by atoms with E-state index in [4.69, 9.17) is 9.40 Å². The van der Waals surface area contributed by atoms with Crippen molar-refractivity contribution in [3.63, 3.8) is 0 Å². The van der Waals surface area contributed by atoms with Gasteiger partial charge in [-0.05, 0) is 59.5 Å². The Balaban J connectivity index is 1.34. The highest BCUT2D eigenvalue weighted by Gasteiger charge is 2.15. The van der Waals surface area contributed by atoms with E-state index in [9.17, 15) is 9.90 Å². The number of oxazole rings is 1. The lowest BCUT2D eigenvalue weighted by molar-refractivity contribution is 0.0697. The second-order valence-electron chi connectivity index (χ2n) is 9.46. The molecule has 0 aliphatic rings. The van der Waals surface area contributed by atoms with Crippen molar-refractivity contribution in [1.82, 2.24) is 14.5 Å². The van der Waals surface area contributed by atoms with E-state index in [1.54, 1.807) is 12.1 Å². The Kier molecular flexibility index (Phi) is 6.22. The molecular formula is C32H27N3O3. The minimum Gasteiger partial charge on any atom is -0.478 e. The molecular weight excluding hydrogens is 474 g/mol. The number of rotatable bonds is 8. The number of fused-ring (bicyclic) bond motifs is 2. The molecule has 4 aromatic carbocycles. The molecule has 0 amide bonds. The molecule has 0 aliphatic carbocycles. The van der Waals surface area contributed by atoms with Crippen LogP contribution >= 0.6 is 0 Å². The van der Waals surface area contributed by atoms with Crippen molar-refractivity contribution < 1.29 is 14.3 Å². The molecule has 0 radical (unpaired) electrons. The third kappa shape index (κ3) is 4.45. The number of hydrogen-bond donors (Lipinski definition) is 1. The second-order valence-corrected chi connectivity index (χ2v) is 9.46. The van der Waals surface area contributed by atoms with Gasteiger partial charge < -0.3 is 14.1 Å². The van der Waals surface area contributed by atoms with Crippen molar-refractivity contribution in [3.8, 4) is 22.6 Å². The standard InChI is InChI=1S/C32H27N3O3/c1-2-3-12-30-33-27-19-23(31-34-26-10-6-7-11-29(26)38-31)17-18-28(27)35(30)20-21-13-15-22(16-14-21)24-8-4-5-9-25(24)32(36)37/h4-11,13-19H,2-3,12,20H2,1H3,(H,36,37). The highest BCUT2D eigenvalue weighted by Crippen LogP contribution is 2.29. The number of hydrogen-bond acceptors (Lipinski definition) is 4. The van der Waals surface area contributed by atoms with E-state index in [2.05, 4.69) is 40.7 Å². The van der Waals surface area contributed by atoms with Gasteiger partial charge in [0.2, 0.25) is 5.89 Å². The van der Waals surface area contributed by atoms with Crippen LogP contribution < -0.4 is 0 Å². The number of imidazole rings is 1. The molecule has 2 heterocycles. The van der Waals surface area contributed by atoms with Gasteiger partial charge in [0, 0.05) is 18.5 Å². The maximum absolute atomic E-state index is 11.7. The molecule has 38 heavy (non-hydrogen) atoms. The maximum atomic E-state index is 11.7. The van der Waals surface area contributed by atoms with Crippen molar-refractivity contribution in [2.24, 2.45) is 0 Å². The lowest BCUT2D eigenvalue weighted by atomic mass is 9.99. The summed E-state index contributed by atoms with van der Waals surface area (Å²) in [6.45, 7) is 2.87. The van der Waals surface area contributed by atoms with Crippen molar-refractivity contribution in [2.45, 2.75) is 32.7 Å². The molecule has 1 N–H and O–H groups in total. The fourth-order valence-corrected chi connectivity index (χ4v) is 4.90. The third-order valence-corrected chi connectivity index (χ3v) is 6.89. The maximum Gasteiger partial charge on any atom is 0.336 e. The summed E-state index contributed by atoms with van der Waals surface area (Å²) in [7, 11) is 0. The molecule has 0 aliphatic heterocycles. The Labute approximate surface area is 220 Å². The van der Waals surface area contributed by atoms with Gasteiger partial charge in [0.25, 0.3) is 0 Å². The van der Waals surface area contributed by atoms with Crippen LogP contribution in [0.1, 0.15) is 41.5 Å². The first-order valence-corrected chi connectivity index (χ1v) is 12.9. The van der Waals surface area contributed by atoms with Crippen LogP contribution in [-0.4, -0.2) is 25.6 Å². The zero-order valence-electron chi connectivity index (χ0n) is 21.1. The fraction of sp³-hybridized carbons (Fsp3) is 0.156. The van der Waals surface area contributed by atoms with Gasteiger partial charge in [-0.15, -0.1) is 0 Å². The van der Waals surface area contributed by atoms with Crippen molar-refractivity contribution in [1.29, 1.82) is 0 Å². The number of para-hydroxylation sites is 2. The van der Waals surface area contributed by atoms with Gasteiger partial charge in [0.1, 0.15) is 11.3 Å². The number of benzene rings is 4. The first-order valence-electron chi connectivity index (χ1n) is 12.9. The lowest BCUT2D eigenvalue weighted by Gasteiger charge is -2.11. The largest absolute Gasteiger partial charge is 0.478 e. The van der Waals surface area contributed by atoms with E-state index < -0.39 is 5.97 Å². The first-order chi connectivity index (χ1) is 18.6. The summed E-state index contributed by atoms with van der Waals surface area (Å²) in [6.07, 6.45) is 3.05. The highest BCUT2D eigenvalue weighted by atomic mass is 16.4. The number of unbranched alkanes of at least 4 members (excludes halogenated alkanes) is 1. The van der Waals surface area contributed by atoms with Gasteiger partial charge in [-0.2, -0.15) is 0 Å². The average molecular weight is 502 g/mol. The van der Waals surface area contributed by atoms with Crippen molar-refractivity contribution >= 4 is 28.1 Å². The first kappa shape index (κ1) is 23.7. The Morgan fingerprint density at radius 2 is 1.63 bits per heavy atom. The van der Waals surface area contributed by atoms with Crippen LogP contribution in [0.4, 0.5) is 0 Å². The molecule has 6 rings (SSSR count). The molecule has 0 fully saturated rings. The average Bonchev–Trinajstić information content (AvgIpc) is 3.53. The zero-order valence-corrected chi connectivity index (χ0v) is 21.1. The van der Waals surface area contributed by atoms with E-state index in [1.807, 2.05) is 54.6 Å². The topological polar surface area (TPSA) is 81.2 Å². The number of aromatic carboxylic acids is 1. The minimum absolute atomic E-state index is 0.303. The second kappa shape index (κ2) is 9.98. The summed E-state index contributed by atoms with van der Waals surface area (Å²) in [5, 5.41) is 9.56. The Morgan fingerprint density at radius 3 is 2.42 bits per heavy atom. The van der Waals surface area contributed by atoms with Crippen molar-refractivity contribution in [3.05, 3.63) is 108 Å². The van der Waals surface area contributed by atoms with Crippen LogP contribution in [0.15, 0.2) is 95.4 Å². The molecule has 6 nitrogen and oxygen atoms in total. The van der Waals surface area contributed by atoms with Crippen LogP contribution in [0.5, 0.6) is 0 Å². The summed E-state index contributed by atoms with van der Waals surface area (Å²) in [6, 6.07) is 29.2. The van der Waals surface area contributed by atoms with E-state index >= 15 is 0 Å². The molecule has 0 spiro atoms. The van der Waals surface area contributed by atoms with Crippen LogP contribution in [-0.2, 0) is 13.0 Å². The smallest absolute Gasteiger partial charge is 0.336 e. The molecule has 2 aromatic heterocycles. The normalized spacial score (nSPS) is 11.4. The van der Waals surface area contributed by atoms with Crippen LogP contribution in [0.25, 0.3) is 44.7 Å². The molecule has 6 heteroatoms. The van der Waals surface area contributed by atoms with E-state index in [-0.39, 0.29) is 0 Å². The zero-order chi connectivity index (χ0) is 26.1. The predicted octanol–water partition coefficient (Wildman–Crippen LogP) is 7.60. The minimum atomic E-state index is -0.924. The Morgan fingerprint density at radius 1 is 0.868 bits per heavy atom. The number of carboxylic acid groups (broad SMARTS) is 1. The predicted molar refractivity (Wildman–Crippen MR) is 149 cm³/mol. The molecule has 0 saturated heterocycles. The molecule has 6 aromatic rings. The van der Waals surface area contributed by atoms with Gasteiger partial charge in [-0.25, -0.2) is 14.8 Å². The number of aromatic nitrogens is 3. The SMILES string of the molecule is CCCCc1nc2cc(-c3nc4ccccc4o3)ccc2n1Cc1ccc(-c2ccccc2C(=O)O)cc1.